The van der Waals surface area contributed by atoms with Crippen molar-refractivity contribution in [1.82, 2.24) is 4.90 Å². The van der Waals surface area contributed by atoms with E-state index in [9.17, 15) is 4.79 Å². The van der Waals surface area contributed by atoms with Crippen LogP contribution in [0.25, 0.3) is 0 Å². The maximum absolute atomic E-state index is 12.5. The first-order valence-corrected chi connectivity index (χ1v) is 8.37. The normalized spacial score (nSPS) is 30.5. The van der Waals surface area contributed by atoms with E-state index in [1.54, 1.807) is 6.08 Å². The van der Waals surface area contributed by atoms with E-state index < -0.39 is 0 Å². The van der Waals surface area contributed by atoms with Gasteiger partial charge in [0, 0.05) is 18.4 Å². The highest BCUT2D eigenvalue weighted by molar-refractivity contribution is 5.71. The minimum atomic E-state index is -0.291. The number of hydrogen-bond donors (Lipinski definition) is 0. The maximum Gasteiger partial charge on any atom is 0.411 e. The van der Waals surface area contributed by atoms with Crippen LogP contribution in [0.4, 0.5) is 4.79 Å². The number of hydrogen-bond acceptors (Lipinski definition) is 4. The van der Waals surface area contributed by atoms with Crippen LogP contribution in [0.1, 0.15) is 25.7 Å². The third-order valence-electron chi connectivity index (χ3n) is 4.82. The summed E-state index contributed by atoms with van der Waals surface area (Å²) in [5.74, 6) is 0.296. The molecule has 2 fully saturated rings. The molecule has 5 nitrogen and oxygen atoms in total. The Morgan fingerprint density at radius 3 is 2.91 bits per heavy atom. The number of amides is 1. The van der Waals surface area contributed by atoms with Crippen molar-refractivity contribution < 1.29 is 19.0 Å². The molecule has 126 valence electrons. The summed E-state index contributed by atoms with van der Waals surface area (Å²) in [5.41, 5.74) is 1.11. The Hall–Kier alpha value is -1.59. The average Bonchev–Trinajstić information content (AvgIpc) is 2.73. The topological polar surface area (TPSA) is 48.0 Å². The van der Waals surface area contributed by atoms with Crippen LogP contribution in [-0.2, 0) is 14.2 Å². The second-order valence-electron chi connectivity index (χ2n) is 6.23. The average molecular weight is 319 g/mol. The molecular weight excluding hydrogens is 294 g/mol. The zero-order valence-electron chi connectivity index (χ0n) is 13.5. The van der Waals surface area contributed by atoms with E-state index in [0.717, 1.165) is 44.5 Å². The van der Waals surface area contributed by atoms with Crippen molar-refractivity contribution in [3.63, 3.8) is 0 Å². The molecule has 0 N–H and O–H groups in total. The van der Waals surface area contributed by atoms with Crippen LogP contribution in [0.2, 0.25) is 0 Å². The summed E-state index contributed by atoms with van der Waals surface area (Å²) < 4.78 is 16.5. The quantitative estimate of drug-likeness (QED) is 0.731. The van der Waals surface area contributed by atoms with Gasteiger partial charge in [-0.3, -0.25) is 4.90 Å². The highest BCUT2D eigenvalue weighted by Gasteiger charge is 2.47. The van der Waals surface area contributed by atoms with Crippen molar-refractivity contribution in [2.45, 2.75) is 44.1 Å². The Morgan fingerprint density at radius 1 is 1.39 bits per heavy atom. The molecule has 3 rings (SSSR count). The third-order valence-corrected chi connectivity index (χ3v) is 4.82. The first-order valence-electron chi connectivity index (χ1n) is 8.37. The smallest absolute Gasteiger partial charge is 0.411 e. The minimum absolute atomic E-state index is 0.0516. The van der Waals surface area contributed by atoms with Crippen LogP contribution in [0.15, 0.2) is 37.0 Å². The molecule has 2 saturated heterocycles. The SMILES string of the molecule is C=CCOC(=O)N1[C@@H]2C=CC[C@@H](C2=C)[C@@H]1CCC1OCCCO1. The molecule has 5 heteroatoms. The van der Waals surface area contributed by atoms with Crippen LogP contribution in [0.5, 0.6) is 0 Å². The molecule has 1 amide bonds. The van der Waals surface area contributed by atoms with Gasteiger partial charge in [0.2, 0.25) is 0 Å². The van der Waals surface area contributed by atoms with Gasteiger partial charge in [-0.15, -0.1) is 0 Å². The Balaban J connectivity index is 1.68. The standard InChI is InChI=1S/C18H25NO4/c1-3-10-23-18(20)19-15-7-4-6-14(13(15)2)16(19)8-9-17-21-11-5-12-22-17/h3-4,7,14-17H,1-2,5-6,8-12H2/t14-,15+,16-/m0/s1. The predicted molar refractivity (Wildman–Crippen MR) is 86.9 cm³/mol. The molecule has 0 aromatic carbocycles. The molecule has 0 aromatic heterocycles. The van der Waals surface area contributed by atoms with Gasteiger partial charge in [0.05, 0.1) is 19.3 Å². The molecule has 23 heavy (non-hydrogen) atoms. The lowest BCUT2D eigenvalue weighted by molar-refractivity contribution is -0.182. The number of allylic oxidation sites excluding steroid dienone is 1. The van der Waals surface area contributed by atoms with Crippen molar-refractivity contribution in [3.8, 4) is 0 Å². The molecule has 3 atom stereocenters. The fourth-order valence-corrected chi connectivity index (χ4v) is 3.73. The van der Waals surface area contributed by atoms with E-state index in [0.29, 0.717) is 5.92 Å². The van der Waals surface area contributed by atoms with Crippen molar-refractivity contribution in [3.05, 3.63) is 37.0 Å². The number of nitrogens with zero attached hydrogens (tertiary/aromatic N) is 1. The Bertz CT molecular complexity index is 495. The maximum atomic E-state index is 12.5. The van der Waals surface area contributed by atoms with E-state index >= 15 is 0 Å². The summed E-state index contributed by atoms with van der Waals surface area (Å²) in [4.78, 5) is 14.3. The van der Waals surface area contributed by atoms with Crippen LogP contribution in [0.3, 0.4) is 0 Å². The van der Waals surface area contributed by atoms with Crippen LogP contribution >= 0.6 is 0 Å². The fraction of sp³-hybridized carbons (Fsp3) is 0.611. The highest BCUT2D eigenvalue weighted by atomic mass is 16.7. The van der Waals surface area contributed by atoms with Crippen molar-refractivity contribution >= 4 is 6.09 Å². The lowest BCUT2D eigenvalue weighted by atomic mass is 9.86. The lowest BCUT2D eigenvalue weighted by Crippen LogP contribution is -2.42. The van der Waals surface area contributed by atoms with Gasteiger partial charge in [-0.2, -0.15) is 0 Å². The van der Waals surface area contributed by atoms with Gasteiger partial charge in [-0.1, -0.05) is 31.4 Å². The summed E-state index contributed by atoms with van der Waals surface area (Å²) in [6.07, 6.45) is 8.83. The van der Waals surface area contributed by atoms with E-state index in [-0.39, 0.29) is 31.1 Å². The number of carbonyl (C=O) groups excluding carboxylic acids is 1. The van der Waals surface area contributed by atoms with Gasteiger partial charge in [-0.05, 0) is 24.8 Å². The van der Waals surface area contributed by atoms with Crippen LogP contribution in [-0.4, -0.2) is 49.2 Å². The summed E-state index contributed by atoms with van der Waals surface area (Å²) in [6, 6.07) is 0.0400. The van der Waals surface area contributed by atoms with Crippen molar-refractivity contribution in [1.29, 1.82) is 0 Å². The molecule has 0 unspecified atom stereocenters. The number of likely N-dealkylation sites (tertiary alicyclic amines) is 1. The molecule has 2 aliphatic heterocycles. The predicted octanol–water partition coefficient (Wildman–Crippen LogP) is 3.04. The van der Waals surface area contributed by atoms with E-state index in [1.165, 1.54) is 0 Å². The lowest BCUT2D eigenvalue weighted by Gasteiger charge is -2.30. The molecule has 0 saturated carbocycles. The number of carbonyl (C=O) groups is 1. The Kier molecular flexibility index (Phi) is 5.18. The monoisotopic (exact) mass is 319 g/mol. The second-order valence-corrected chi connectivity index (χ2v) is 6.23. The molecule has 0 spiro atoms. The molecule has 0 aromatic rings. The summed E-state index contributed by atoms with van der Waals surface area (Å²) in [7, 11) is 0. The first kappa shape index (κ1) is 16.3. The first-order chi connectivity index (χ1) is 11.2. The third kappa shape index (κ3) is 3.35. The molecule has 0 radical (unpaired) electrons. The highest BCUT2D eigenvalue weighted by Crippen LogP contribution is 2.42. The minimum Gasteiger partial charge on any atom is -0.445 e. The molecular formula is C18H25NO4. The zero-order chi connectivity index (χ0) is 16.2. The van der Waals surface area contributed by atoms with Crippen LogP contribution < -0.4 is 0 Å². The summed E-state index contributed by atoms with van der Waals surface area (Å²) in [6.45, 7) is 9.54. The second kappa shape index (κ2) is 7.32. The van der Waals surface area contributed by atoms with Crippen molar-refractivity contribution in [2.24, 2.45) is 5.92 Å². The van der Waals surface area contributed by atoms with Gasteiger partial charge >= 0.3 is 6.09 Å². The van der Waals surface area contributed by atoms with Gasteiger partial charge in [0.15, 0.2) is 6.29 Å². The van der Waals surface area contributed by atoms with Gasteiger partial charge < -0.3 is 14.2 Å². The number of ether oxygens (including phenoxy) is 3. The number of rotatable bonds is 5. The molecule has 2 heterocycles. The largest absolute Gasteiger partial charge is 0.445 e. The van der Waals surface area contributed by atoms with E-state index in [1.807, 2.05) is 4.90 Å². The van der Waals surface area contributed by atoms with Crippen LogP contribution in [0, 0.1) is 5.92 Å². The van der Waals surface area contributed by atoms with E-state index in [4.69, 9.17) is 14.2 Å². The van der Waals surface area contributed by atoms with Gasteiger partial charge in [-0.25, -0.2) is 4.79 Å². The number of fused-ring (bicyclic) bond motifs is 2. The zero-order valence-corrected chi connectivity index (χ0v) is 13.5. The van der Waals surface area contributed by atoms with Gasteiger partial charge in [0.25, 0.3) is 0 Å². The summed E-state index contributed by atoms with van der Waals surface area (Å²) in [5, 5.41) is 0. The molecule has 1 aliphatic carbocycles. The van der Waals surface area contributed by atoms with E-state index in [2.05, 4.69) is 25.3 Å². The molecule has 3 aliphatic rings. The Morgan fingerprint density at radius 2 is 2.17 bits per heavy atom. The fourth-order valence-electron chi connectivity index (χ4n) is 3.73. The van der Waals surface area contributed by atoms with Crippen molar-refractivity contribution in [2.75, 3.05) is 19.8 Å². The Labute approximate surface area is 137 Å². The molecule has 2 bridgehead atoms. The van der Waals surface area contributed by atoms with Gasteiger partial charge in [0.1, 0.15) is 6.61 Å². The summed E-state index contributed by atoms with van der Waals surface area (Å²) >= 11 is 0.